The van der Waals surface area contributed by atoms with E-state index in [9.17, 15) is 4.79 Å². The van der Waals surface area contributed by atoms with Gasteiger partial charge in [-0.25, -0.2) is 4.98 Å². The summed E-state index contributed by atoms with van der Waals surface area (Å²) in [6.45, 7) is 1.79. The topological polar surface area (TPSA) is 82.2 Å². The summed E-state index contributed by atoms with van der Waals surface area (Å²) < 4.78 is 7.82. The molecule has 26 heavy (non-hydrogen) atoms. The van der Waals surface area contributed by atoms with Crippen molar-refractivity contribution in [3.05, 3.63) is 43.0 Å². The summed E-state index contributed by atoms with van der Waals surface area (Å²) >= 11 is 0. The lowest BCUT2D eigenvalue weighted by molar-refractivity contribution is -0.118. The Kier molecular flexibility index (Phi) is 6.28. The van der Waals surface area contributed by atoms with Gasteiger partial charge in [0.25, 0.3) is 0 Å². The smallest absolute Gasteiger partial charge is 0.225 e. The maximum absolute atomic E-state index is 12.6. The molecule has 1 aromatic carbocycles. The Balaban J connectivity index is 1.57. The molecule has 0 saturated heterocycles. The molecule has 0 atom stereocenters. The van der Waals surface area contributed by atoms with Gasteiger partial charge >= 0.3 is 0 Å². The molecule has 1 fully saturated rings. The number of anilines is 1. The molecule has 0 bridgehead atoms. The lowest BCUT2D eigenvalue weighted by Gasteiger charge is -2.35. The maximum atomic E-state index is 12.6. The molecule has 3 rings (SSSR count). The number of rotatable bonds is 8. The van der Waals surface area contributed by atoms with E-state index in [1.54, 1.807) is 12.5 Å². The van der Waals surface area contributed by atoms with Crippen molar-refractivity contribution in [2.75, 3.05) is 18.5 Å². The first-order chi connectivity index (χ1) is 12.7. The molecule has 0 spiro atoms. The average Bonchev–Trinajstić information content (AvgIpc) is 3.17. The summed E-state index contributed by atoms with van der Waals surface area (Å²) in [5.41, 5.74) is 6.68. The number of hydrogen-bond acceptors (Lipinski definition) is 4. The number of hydrogen-bond donors (Lipinski definition) is 2. The molecular weight excluding hydrogens is 328 g/mol. The number of imidazole rings is 1. The second kappa shape index (κ2) is 8.85. The van der Waals surface area contributed by atoms with Crippen LogP contribution in [0.1, 0.15) is 38.5 Å². The lowest BCUT2D eigenvalue weighted by atomic mass is 9.71. The molecular formula is C20H28N4O2. The minimum Gasteiger partial charge on any atom is -0.490 e. The number of aromatic nitrogens is 2. The lowest BCUT2D eigenvalue weighted by Crippen LogP contribution is -2.36. The van der Waals surface area contributed by atoms with Crippen molar-refractivity contribution >= 4 is 11.6 Å². The predicted molar refractivity (Wildman–Crippen MR) is 102 cm³/mol. The predicted octanol–water partition coefficient (Wildman–Crippen LogP) is 3.20. The average molecular weight is 356 g/mol. The highest BCUT2D eigenvalue weighted by Crippen LogP contribution is 2.38. The van der Waals surface area contributed by atoms with E-state index in [0.717, 1.165) is 12.8 Å². The highest BCUT2D eigenvalue weighted by molar-refractivity contribution is 5.92. The van der Waals surface area contributed by atoms with Gasteiger partial charge in [-0.1, -0.05) is 31.4 Å². The summed E-state index contributed by atoms with van der Waals surface area (Å²) in [4.78, 5) is 16.6. The number of ether oxygens (including phenoxy) is 1. The van der Waals surface area contributed by atoms with Crippen LogP contribution in [0.15, 0.2) is 43.0 Å². The van der Waals surface area contributed by atoms with Gasteiger partial charge in [0.05, 0.1) is 18.6 Å². The second-order valence-corrected chi connectivity index (χ2v) is 7.13. The van der Waals surface area contributed by atoms with Gasteiger partial charge < -0.3 is 20.4 Å². The van der Waals surface area contributed by atoms with Crippen molar-refractivity contribution in [2.45, 2.75) is 45.1 Å². The third-order valence-electron chi connectivity index (χ3n) is 5.21. The van der Waals surface area contributed by atoms with Crippen LogP contribution >= 0.6 is 0 Å². The number of carbonyl (C=O) groups is 1. The van der Waals surface area contributed by atoms with Crippen molar-refractivity contribution in [3.63, 3.8) is 0 Å². The molecule has 1 aliphatic carbocycles. The second-order valence-electron chi connectivity index (χ2n) is 7.13. The van der Waals surface area contributed by atoms with E-state index in [4.69, 9.17) is 10.5 Å². The molecule has 1 heterocycles. The molecule has 140 valence electrons. The van der Waals surface area contributed by atoms with Crippen molar-refractivity contribution < 1.29 is 9.53 Å². The number of amides is 1. The molecule has 2 aromatic rings. The van der Waals surface area contributed by atoms with E-state index < -0.39 is 0 Å². The van der Waals surface area contributed by atoms with Crippen LogP contribution in [-0.4, -0.2) is 28.6 Å². The minimum atomic E-state index is -0.0421. The van der Waals surface area contributed by atoms with Gasteiger partial charge in [-0.3, -0.25) is 4.79 Å². The van der Waals surface area contributed by atoms with Crippen molar-refractivity contribution in [3.8, 4) is 5.75 Å². The zero-order chi connectivity index (χ0) is 18.2. The molecule has 1 amide bonds. The quantitative estimate of drug-likeness (QED) is 0.761. The minimum absolute atomic E-state index is 0.0167. The number of carbonyl (C=O) groups excluding carboxylic acids is 1. The van der Waals surface area contributed by atoms with Crippen molar-refractivity contribution in [2.24, 2.45) is 11.1 Å². The largest absolute Gasteiger partial charge is 0.490 e. The summed E-state index contributed by atoms with van der Waals surface area (Å²) in [5.74, 6) is 0.703. The zero-order valence-electron chi connectivity index (χ0n) is 15.2. The van der Waals surface area contributed by atoms with Crippen molar-refractivity contribution in [1.29, 1.82) is 0 Å². The number of nitrogens with two attached hydrogens (primary N) is 1. The van der Waals surface area contributed by atoms with E-state index in [2.05, 4.69) is 10.3 Å². The van der Waals surface area contributed by atoms with E-state index in [1.165, 1.54) is 19.3 Å². The van der Waals surface area contributed by atoms with Gasteiger partial charge in [-0.05, 0) is 36.9 Å². The van der Waals surface area contributed by atoms with Gasteiger partial charge in [-0.15, -0.1) is 0 Å². The molecule has 1 aromatic heterocycles. The van der Waals surface area contributed by atoms with Crippen LogP contribution in [0.4, 0.5) is 5.69 Å². The standard InChI is InChI=1S/C20H28N4O2/c21-15-20(8-4-1-5-9-20)14-19(25)23-17-6-2-3-7-18(17)26-13-12-24-11-10-22-16-24/h2-3,6-7,10-11,16H,1,4-5,8-9,12-15,21H2,(H,23,25). The number of benzene rings is 1. The summed E-state index contributed by atoms with van der Waals surface area (Å²) in [7, 11) is 0. The number of para-hydroxylation sites is 2. The Labute approximate surface area is 154 Å². The fourth-order valence-corrected chi connectivity index (χ4v) is 3.67. The van der Waals surface area contributed by atoms with Gasteiger partial charge in [0.1, 0.15) is 12.4 Å². The molecule has 6 heteroatoms. The SMILES string of the molecule is NCC1(CC(=O)Nc2ccccc2OCCn2ccnc2)CCCCC1. The van der Waals surface area contributed by atoms with Crippen LogP contribution in [0.2, 0.25) is 0 Å². The van der Waals surface area contributed by atoms with Gasteiger partial charge in [0.2, 0.25) is 5.91 Å². The summed E-state index contributed by atoms with van der Waals surface area (Å²) in [5, 5.41) is 3.02. The van der Waals surface area contributed by atoms with Crippen LogP contribution in [0.5, 0.6) is 5.75 Å². The Morgan fingerprint density at radius 3 is 2.81 bits per heavy atom. The van der Waals surface area contributed by atoms with E-state index in [1.807, 2.05) is 35.0 Å². The van der Waals surface area contributed by atoms with Crippen LogP contribution in [0.3, 0.4) is 0 Å². The Morgan fingerprint density at radius 2 is 2.08 bits per heavy atom. The molecule has 0 radical (unpaired) electrons. The highest BCUT2D eigenvalue weighted by Gasteiger charge is 2.33. The maximum Gasteiger partial charge on any atom is 0.225 e. The Morgan fingerprint density at radius 1 is 1.27 bits per heavy atom. The van der Waals surface area contributed by atoms with Gasteiger partial charge in [-0.2, -0.15) is 0 Å². The van der Waals surface area contributed by atoms with Gasteiger partial charge in [0, 0.05) is 18.8 Å². The third kappa shape index (κ3) is 4.85. The van der Waals surface area contributed by atoms with Crippen LogP contribution in [0.25, 0.3) is 0 Å². The van der Waals surface area contributed by atoms with E-state index in [0.29, 0.717) is 37.6 Å². The molecule has 3 N–H and O–H groups in total. The highest BCUT2D eigenvalue weighted by atomic mass is 16.5. The molecule has 1 saturated carbocycles. The Bertz CT molecular complexity index is 694. The van der Waals surface area contributed by atoms with Crippen LogP contribution in [-0.2, 0) is 11.3 Å². The third-order valence-corrected chi connectivity index (χ3v) is 5.21. The molecule has 1 aliphatic rings. The van der Waals surface area contributed by atoms with Gasteiger partial charge in [0.15, 0.2) is 0 Å². The van der Waals surface area contributed by atoms with Crippen LogP contribution in [0, 0.1) is 5.41 Å². The fourth-order valence-electron chi connectivity index (χ4n) is 3.67. The first-order valence-corrected chi connectivity index (χ1v) is 9.38. The van der Waals surface area contributed by atoms with Crippen molar-refractivity contribution in [1.82, 2.24) is 9.55 Å². The van der Waals surface area contributed by atoms with Crippen LogP contribution < -0.4 is 15.8 Å². The zero-order valence-corrected chi connectivity index (χ0v) is 15.2. The number of nitrogens with one attached hydrogen (secondary N) is 1. The monoisotopic (exact) mass is 356 g/mol. The normalized spacial score (nSPS) is 16.2. The summed E-state index contributed by atoms with van der Waals surface area (Å²) in [6.07, 6.45) is 11.5. The van der Waals surface area contributed by atoms with E-state index >= 15 is 0 Å². The molecule has 0 unspecified atom stereocenters. The first-order valence-electron chi connectivity index (χ1n) is 9.38. The van der Waals surface area contributed by atoms with E-state index in [-0.39, 0.29) is 11.3 Å². The fraction of sp³-hybridized carbons (Fsp3) is 0.500. The first kappa shape index (κ1) is 18.5. The molecule has 6 nitrogen and oxygen atoms in total. The summed E-state index contributed by atoms with van der Waals surface area (Å²) in [6, 6.07) is 7.56. The number of nitrogens with zero attached hydrogens (tertiary/aromatic N) is 2. The Hall–Kier alpha value is -2.34. The molecule has 0 aliphatic heterocycles.